The van der Waals surface area contributed by atoms with Gasteiger partial charge in [0.2, 0.25) is 0 Å². The van der Waals surface area contributed by atoms with E-state index in [9.17, 15) is 0 Å². The van der Waals surface area contributed by atoms with Crippen molar-refractivity contribution in [3.05, 3.63) is 35.7 Å². The fourth-order valence-corrected chi connectivity index (χ4v) is 1.44. The van der Waals surface area contributed by atoms with E-state index in [0.29, 0.717) is 0 Å². The Hall–Kier alpha value is -1.75. The molecule has 2 aromatic rings. The highest BCUT2D eigenvalue weighted by atomic mass is 15.6. The highest BCUT2D eigenvalue weighted by Crippen LogP contribution is 2.06. The molecule has 0 bridgehead atoms. The number of nitrogens with zero attached hydrogens (tertiary/aromatic N) is 4. The van der Waals surface area contributed by atoms with Crippen LogP contribution in [0.5, 0.6) is 0 Å². The Morgan fingerprint density at radius 2 is 2.25 bits per heavy atom. The van der Waals surface area contributed by atoms with Crippen LogP contribution >= 0.6 is 0 Å². The molecule has 0 atom stereocenters. The summed E-state index contributed by atoms with van der Waals surface area (Å²) in [6, 6.07) is 8.03. The van der Waals surface area contributed by atoms with Crippen molar-refractivity contribution in [2.75, 3.05) is 13.6 Å². The van der Waals surface area contributed by atoms with Crippen molar-refractivity contribution in [3.63, 3.8) is 0 Å². The summed E-state index contributed by atoms with van der Waals surface area (Å²) in [4.78, 5) is 1.57. The molecule has 0 saturated carbocycles. The number of tetrazole rings is 1. The smallest absolute Gasteiger partial charge is 0.176 e. The van der Waals surface area contributed by atoms with E-state index in [4.69, 9.17) is 0 Å². The lowest BCUT2D eigenvalue weighted by molar-refractivity contribution is 0.712. The first-order chi connectivity index (χ1) is 7.79. The summed E-state index contributed by atoms with van der Waals surface area (Å²) in [5.41, 5.74) is 2.13. The Morgan fingerprint density at radius 3 is 3.00 bits per heavy atom. The second-order valence-electron chi connectivity index (χ2n) is 3.69. The highest BCUT2D eigenvalue weighted by molar-refractivity contribution is 5.32. The van der Waals surface area contributed by atoms with Gasteiger partial charge in [-0.1, -0.05) is 12.1 Å². The van der Waals surface area contributed by atoms with E-state index in [-0.39, 0.29) is 0 Å². The lowest BCUT2D eigenvalue weighted by Gasteiger charge is -1.98. The largest absolute Gasteiger partial charge is 0.319 e. The molecule has 1 aromatic carbocycles. The minimum absolute atomic E-state index is 0.760. The van der Waals surface area contributed by atoms with E-state index >= 15 is 0 Å². The molecule has 2 rings (SSSR count). The maximum Gasteiger partial charge on any atom is 0.176 e. The molecule has 5 heteroatoms. The highest BCUT2D eigenvalue weighted by Gasteiger charge is 2.03. The van der Waals surface area contributed by atoms with Crippen LogP contribution in [0.2, 0.25) is 0 Å². The van der Waals surface area contributed by atoms with Gasteiger partial charge in [-0.05, 0) is 36.9 Å². The fourth-order valence-electron chi connectivity index (χ4n) is 1.44. The van der Waals surface area contributed by atoms with E-state index < -0.39 is 0 Å². The maximum atomic E-state index is 4.31. The van der Waals surface area contributed by atoms with Crippen molar-refractivity contribution >= 4 is 0 Å². The maximum absolute atomic E-state index is 4.31. The summed E-state index contributed by atoms with van der Waals surface area (Å²) >= 11 is 0. The molecule has 16 heavy (non-hydrogen) atoms. The number of hydrogen-bond donors (Lipinski definition) is 1. The minimum Gasteiger partial charge on any atom is -0.319 e. The third kappa shape index (κ3) is 2.43. The fraction of sp³-hybridized carbons (Fsp3) is 0.364. The van der Waals surface area contributed by atoms with E-state index in [0.717, 1.165) is 24.5 Å². The zero-order valence-electron chi connectivity index (χ0n) is 9.51. The van der Waals surface area contributed by atoms with Gasteiger partial charge in [0, 0.05) is 13.0 Å². The van der Waals surface area contributed by atoms with Gasteiger partial charge < -0.3 is 5.32 Å². The van der Waals surface area contributed by atoms with Crippen molar-refractivity contribution in [2.24, 2.45) is 0 Å². The van der Waals surface area contributed by atoms with Crippen LogP contribution in [-0.4, -0.2) is 33.8 Å². The quantitative estimate of drug-likeness (QED) is 0.820. The first kappa shape index (κ1) is 10.8. The summed E-state index contributed by atoms with van der Waals surface area (Å²) in [6.45, 7) is 2.90. The molecule has 84 valence electrons. The molecule has 0 amide bonds. The van der Waals surface area contributed by atoms with Gasteiger partial charge in [0.1, 0.15) is 0 Å². The van der Waals surface area contributed by atoms with Crippen LogP contribution in [0.3, 0.4) is 0 Å². The van der Waals surface area contributed by atoms with E-state index in [1.54, 1.807) is 4.80 Å². The topological polar surface area (TPSA) is 55.6 Å². The number of rotatable bonds is 4. The molecule has 0 spiro atoms. The third-order valence-electron chi connectivity index (χ3n) is 2.29. The molecule has 1 N–H and O–H groups in total. The summed E-state index contributed by atoms with van der Waals surface area (Å²) < 4.78 is 0. The van der Waals surface area contributed by atoms with E-state index in [1.807, 2.05) is 38.2 Å². The van der Waals surface area contributed by atoms with E-state index in [1.165, 1.54) is 5.56 Å². The zero-order valence-corrected chi connectivity index (χ0v) is 9.51. The molecule has 0 aliphatic rings. The molecule has 0 aliphatic carbocycles. The van der Waals surface area contributed by atoms with Crippen molar-refractivity contribution in [3.8, 4) is 5.69 Å². The first-order valence-corrected chi connectivity index (χ1v) is 5.30. The number of nitrogens with one attached hydrogen (secondary N) is 1. The lowest BCUT2D eigenvalue weighted by atomic mass is 10.2. The van der Waals surface area contributed by atoms with Crippen LogP contribution in [-0.2, 0) is 6.42 Å². The van der Waals surface area contributed by atoms with E-state index in [2.05, 4.69) is 20.7 Å². The summed E-state index contributed by atoms with van der Waals surface area (Å²) in [5.74, 6) is 0.760. The molecule has 0 saturated heterocycles. The lowest BCUT2D eigenvalue weighted by Crippen LogP contribution is -2.11. The van der Waals surface area contributed by atoms with Crippen molar-refractivity contribution in [2.45, 2.75) is 13.3 Å². The normalized spacial score (nSPS) is 10.6. The van der Waals surface area contributed by atoms with Crippen LogP contribution in [0.1, 0.15) is 11.4 Å². The van der Waals surface area contributed by atoms with Crippen LogP contribution in [0.25, 0.3) is 5.69 Å². The monoisotopic (exact) mass is 217 g/mol. The summed E-state index contributed by atoms with van der Waals surface area (Å²) in [5, 5.41) is 15.4. The SMILES string of the molecule is CNCCc1nnn(-c2cccc(C)c2)n1. The number of hydrogen-bond acceptors (Lipinski definition) is 4. The molecule has 1 heterocycles. The summed E-state index contributed by atoms with van der Waals surface area (Å²) in [6.07, 6.45) is 0.794. The molecule has 1 aromatic heterocycles. The molecule has 0 radical (unpaired) electrons. The van der Waals surface area contributed by atoms with Crippen LogP contribution in [0.15, 0.2) is 24.3 Å². The predicted molar refractivity (Wildman–Crippen MR) is 61.5 cm³/mol. The zero-order chi connectivity index (χ0) is 11.4. The van der Waals surface area contributed by atoms with Crippen molar-refractivity contribution in [1.29, 1.82) is 0 Å². The second kappa shape index (κ2) is 4.85. The number of likely N-dealkylation sites (N-methyl/N-ethyl adjacent to an activating group) is 1. The third-order valence-corrected chi connectivity index (χ3v) is 2.29. The molecular weight excluding hydrogens is 202 g/mol. The number of benzene rings is 1. The van der Waals surface area contributed by atoms with Gasteiger partial charge in [-0.3, -0.25) is 0 Å². The number of aryl methyl sites for hydroxylation is 1. The van der Waals surface area contributed by atoms with Crippen LogP contribution in [0.4, 0.5) is 0 Å². The van der Waals surface area contributed by atoms with Gasteiger partial charge >= 0.3 is 0 Å². The van der Waals surface area contributed by atoms with Gasteiger partial charge in [0.15, 0.2) is 5.82 Å². The number of aromatic nitrogens is 4. The van der Waals surface area contributed by atoms with Gasteiger partial charge in [-0.2, -0.15) is 0 Å². The Bertz CT molecular complexity index is 463. The predicted octanol–water partition coefficient (Wildman–Crippen LogP) is 0.733. The average Bonchev–Trinajstić information content (AvgIpc) is 2.75. The van der Waals surface area contributed by atoms with Gasteiger partial charge in [-0.15, -0.1) is 15.0 Å². The molecule has 5 nitrogen and oxygen atoms in total. The van der Waals surface area contributed by atoms with Crippen molar-refractivity contribution < 1.29 is 0 Å². The average molecular weight is 217 g/mol. The Labute approximate surface area is 94.5 Å². The molecule has 0 fully saturated rings. The van der Waals surface area contributed by atoms with Gasteiger partial charge in [-0.25, -0.2) is 0 Å². The molecule has 0 aliphatic heterocycles. The van der Waals surface area contributed by atoms with Crippen molar-refractivity contribution in [1.82, 2.24) is 25.5 Å². The Kier molecular flexibility index (Phi) is 3.26. The van der Waals surface area contributed by atoms with Crippen LogP contribution < -0.4 is 5.32 Å². The Morgan fingerprint density at radius 1 is 1.38 bits per heavy atom. The van der Waals surface area contributed by atoms with Gasteiger partial charge in [0.25, 0.3) is 0 Å². The summed E-state index contributed by atoms with van der Waals surface area (Å²) in [7, 11) is 1.91. The Balaban J connectivity index is 2.18. The van der Waals surface area contributed by atoms with Crippen LogP contribution in [0, 0.1) is 6.92 Å². The molecular formula is C11H15N5. The minimum atomic E-state index is 0.760. The standard InChI is InChI=1S/C11H15N5/c1-9-4-3-5-10(8-9)16-14-11(13-15-16)6-7-12-2/h3-5,8,12H,6-7H2,1-2H3. The van der Waals surface area contributed by atoms with Gasteiger partial charge in [0.05, 0.1) is 5.69 Å². The first-order valence-electron chi connectivity index (χ1n) is 5.30. The second-order valence-corrected chi connectivity index (χ2v) is 3.69. The molecule has 0 unspecified atom stereocenters.